The first-order valence-corrected chi connectivity index (χ1v) is 6.14. The number of hydrogen-bond acceptors (Lipinski definition) is 4. The van der Waals surface area contributed by atoms with Gasteiger partial charge in [-0.2, -0.15) is 5.10 Å². The summed E-state index contributed by atoms with van der Waals surface area (Å²) in [5.74, 6) is -0.736. The van der Waals surface area contributed by atoms with E-state index in [1.807, 2.05) is 24.3 Å². The van der Waals surface area contributed by atoms with Crippen LogP contribution in [0, 0.1) is 3.57 Å². The van der Waals surface area contributed by atoms with E-state index in [0.717, 1.165) is 9.26 Å². The van der Waals surface area contributed by atoms with Gasteiger partial charge in [-0.15, -0.1) is 0 Å². The number of hydrogen-bond donors (Lipinski definition) is 0. The molecule has 0 aliphatic carbocycles. The van der Waals surface area contributed by atoms with Gasteiger partial charge in [0.1, 0.15) is 0 Å². The molecule has 0 N–H and O–H groups in total. The number of carbonyl (C=O) groups excluding carboxylic acids is 1. The highest BCUT2D eigenvalue weighted by molar-refractivity contribution is 14.1. The van der Waals surface area contributed by atoms with Crippen molar-refractivity contribution < 1.29 is 9.53 Å². The minimum Gasteiger partial charge on any atom is -0.464 e. The van der Waals surface area contributed by atoms with E-state index in [4.69, 9.17) is 0 Å². The van der Waals surface area contributed by atoms with Crippen LogP contribution in [0.25, 0.3) is 5.69 Å². The predicted octanol–water partition coefficient (Wildman–Crippen LogP) is 1.62. The Morgan fingerprint density at radius 2 is 1.94 bits per heavy atom. The van der Waals surface area contributed by atoms with Crippen molar-refractivity contribution in [2.75, 3.05) is 7.11 Å². The van der Waals surface area contributed by atoms with E-state index in [0.29, 0.717) is 0 Å². The zero-order chi connectivity index (χ0) is 13.1. The second-order valence-electron chi connectivity index (χ2n) is 3.44. The number of nitrogens with zero attached hydrogens (tertiary/aromatic N) is 2. The lowest BCUT2D eigenvalue weighted by atomic mass is 10.3. The smallest absolute Gasteiger partial charge is 0.362 e. The molecular formula is C12H9IN2O3. The van der Waals surface area contributed by atoms with Crippen LogP contribution in [0.3, 0.4) is 0 Å². The van der Waals surface area contributed by atoms with Crippen molar-refractivity contribution in [3.8, 4) is 5.69 Å². The molecule has 18 heavy (non-hydrogen) atoms. The van der Waals surface area contributed by atoms with Crippen LogP contribution in [-0.2, 0) is 4.74 Å². The van der Waals surface area contributed by atoms with E-state index >= 15 is 0 Å². The van der Waals surface area contributed by atoms with Gasteiger partial charge in [-0.25, -0.2) is 9.48 Å². The second kappa shape index (κ2) is 5.30. The Kier molecular flexibility index (Phi) is 3.75. The highest BCUT2D eigenvalue weighted by Crippen LogP contribution is 2.09. The summed E-state index contributed by atoms with van der Waals surface area (Å²) in [4.78, 5) is 22.9. The molecule has 0 unspecified atom stereocenters. The third kappa shape index (κ3) is 2.58. The molecule has 0 aliphatic heterocycles. The molecule has 2 rings (SSSR count). The van der Waals surface area contributed by atoms with Gasteiger partial charge in [-0.1, -0.05) is 0 Å². The summed E-state index contributed by atoms with van der Waals surface area (Å²) < 4.78 is 7.06. The Hall–Kier alpha value is -1.70. The summed E-state index contributed by atoms with van der Waals surface area (Å²) in [7, 11) is 1.21. The molecule has 0 amide bonds. The molecule has 5 nitrogen and oxygen atoms in total. The first-order valence-electron chi connectivity index (χ1n) is 5.06. The van der Waals surface area contributed by atoms with Crippen molar-refractivity contribution in [3.05, 3.63) is 56.0 Å². The van der Waals surface area contributed by atoms with Crippen LogP contribution in [0.4, 0.5) is 0 Å². The third-order valence-corrected chi connectivity index (χ3v) is 3.00. The topological polar surface area (TPSA) is 61.2 Å². The first-order chi connectivity index (χ1) is 8.61. The molecule has 0 spiro atoms. The van der Waals surface area contributed by atoms with Crippen molar-refractivity contribution in [2.45, 2.75) is 0 Å². The van der Waals surface area contributed by atoms with E-state index < -0.39 is 11.4 Å². The summed E-state index contributed by atoms with van der Waals surface area (Å²) >= 11 is 2.19. The maximum Gasteiger partial charge on any atom is 0.362 e. The Bertz CT molecular complexity index is 635. The number of methoxy groups -OCH3 is 1. The number of esters is 1. The SMILES string of the molecule is COC(=O)c1nn(-c2ccc(I)cc2)ccc1=O. The quantitative estimate of drug-likeness (QED) is 0.606. The molecule has 0 aliphatic rings. The molecule has 0 bridgehead atoms. The highest BCUT2D eigenvalue weighted by atomic mass is 127. The molecule has 92 valence electrons. The van der Waals surface area contributed by atoms with Crippen LogP contribution < -0.4 is 5.43 Å². The predicted molar refractivity (Wildman–Crippen MR) is 73.9 cm³/mol. The van der Waals surface area contributed by atoms with E-state index in [9.17, 15) is 9.59 Å². The average molecular weight is 356 g/mol. The van der Waals surface area contributed by atoms with Gasteiger partial charge in [0.05, 0.1) is 12.8 Å². The van der Waals surface area contributed by atoms with Gasteiger partial charge < -0.3 is 4.74 Å². The van der Waals surface area contributed by atoms with Crippen LogP contribution in [-0.4, -0.2) is 22.9 Å². The van der Waals surface area contributed by atoms with Gasteiger partial charge in [-0.05, 0) is 46.9 Å². The summed E-state index contributed by atoms with van der Waals surface area (Å²) in [6.45, 7) is 0. The van der Waals surface area contributed by atoms with E-state index in [1.54, 1.807) is 0 Å². The zero-order valence-electron chi connectivity index (χ0n) is 9.46. The molecule has 1 aromatic carbocycles. The van der Waals surface area contributed by atoms with Crippen molar-refractivity contribution in [3.63, 3.8) is 0 Å². The van der Waals surface area contributed by atoms with Gasteiger partial charge in [-0.3, -0.25) is 4.79 Å². The maximum absolute atomic E-state index is 11.5. The molecule has 2 aromatic rings. The third-order valence-electron chi connectivity index (χ3n) is 2.28. The summed E-state index contributed by atoms with van der Waals surface area (Å²) in [6.07, 6.45) is 1.51. The molecule has 0 fully saturated rings. The van der Waals surface area contributed by atoms with Crippen LogP contribution in [0.1, 0.15) is 10.5 Å². The normalized spacial score (nSPS) is 10.1. The maximum atomic E-state index is 11.5. The number of carbonyl (C=O) groups is 1. The van der Waals surface area contributed by atoms with E-state index in [-0.39, 0.29) is 5.69 Å². The molecule has 0 atom stereocenters. The Morgan fingerprint density at radius 1 is 1.28 bits per heavy atom. The molecule has 0 saturated heterocycles. The van der Waals surface area contributed by atoms with Crippen LogP contribution in [0.15, 0.2) is 41.3 Å². The molecule has 0 radical (unpaired) electrons. The molecule has 1 heterocycles. The summed E-state index contributed by atoms with van der Waals surface area (Å²) in [6, 6.07) is 8.80. The molecule has 6 heteroatoms. The lowest BCUT2D eigenvalue weighted by Gasteiger charge is -2.06. The number of aromatic nitrogens is 2. The largest absolute Gasteiger partial charge is 0.464 e. The first kappa shape index (κ1) is 12.7. The summed E-state index contributed by atoms with van der Waals surface area (Å²) in [5.41, 5.74) is 0.0859. The highest BCUT2D eigenvalue weighted by Gasteiger charge is 2.13. The van der Waals surface area contributed by atoms with Gasteiger partial charge >= 0.3 is 5.97 Å². The second-order valence-corrected chi connectivity index (χ2v) is 4.69. The van der Waals surface area contributed by atoms with Gasteiger partial charge in [0.25, 0.3) is 0 Å². The average Bonchev–Trinajstić information content (AvgIpc) is 2.39. The Labute approximate surface area is 117 Å². The number of rotatable bonds is 2. The van der Waals surface area contributed by atoms with Crippen molar-refractivity contribution in [1.29, 1.82) is 0 Å². The Morgan fingerprint density at radius 3 is 2.56 bits per heavy atom. The van der Waals surface area contributed by atoms with Crippen LogP contribution >= 0.6 is 22.6 Å². The standard InChI is InChI=1S/C12H9IN2O3/c1-18-12(17)11-10(16)6-7-15(14-11)9-4-2-8(13)3-5-9/h2-7H,1H3. The fraction of sp³-hybridized carbons (Fsp3) is 0.0833. The van der Waals surface area contributed by atoms with E-state index in [2.05, 4.69) is 32.4 Å². The minimum atomic E-state index is -0.736. The van der Waals surface area contributed by atoms with Crippen molar-refractivity contribution in [2.24, 2.45) is 0 Å². The number of benzene rings is 1. The number of ether oxygens (including phenoxy) is 1. The monoisotopic (exact) mass is 356 g/mol. The van der Waals surface area contributed by atoms with Crippen LogP contribution in [0.2, 0.25) is 0 Å². The lowest BCUT2D eigenvalue weighted by molar-refractivity contribution is 0.0590. The van der Waals surface area contributed by atoms with Gasteiger partial charge in [0.2, 0.25) is 11.1 Å². The Balaban J connectivity index is 2.50. The van der Waals surface area contributed by atoms with Crippen molar-refractivity contribution in [1.82, 2.24) is 9.78 Å². The number of halogens is 1. The van der Waals surface area contributed by atoms with Gasteiger partial charge in [0, 0.05) is 15.8 Å². The van der Waals surface area contributed by atoms with Crippen LogP contribution in [0.5, 0.6) is 0 Å². The van der Waals surface area contributed by atoms with Gasteiger partial charge in [0.15, 0.2) is 0 Å². The molecule has 1 aromatic heterocycles. The molecule has 0 saturated carbocycles. The summed E-state index contributed by atoms with van der Waals surface area (Å²) in [5, 5.41) is 3.97. The van der Waals surface area contributed by atoms with Crippen molar-refractivity contribution >= 4 is 28.6 Å². The molecular weight excluding hydrogens is 347 g/mol. The van der Waals surface area contributed by atoms with E-state index in [1.165, 1.54) is 24.1 Å². The zero-order valence-corrected chi connectivity index (χ0v) is 11.6. The lowest BCUT2D eigenvalue weighted by Crippen LogP contribution is -2.21. The minimum absolute atomic E-state index is 0.224. The fourth-order valence-corrected chi connectivity index (χ4v) is 1.74. The fourth-order valence-electron chi connectivity index (χ4n) is 1.38.